The molecule has 5 aliphatic carbocycles. The highest BCUT2D eigenvalue weighted by Crippen LogP contribution is 2.81. The molecule has 45 heavy (non-hydrogen) atoms. The summed E-state index contributed by atoms with van der Waals surface area (Å²) in [7, 11) is 6.04. The minimum Gasteiger partial charge on any atom is -0.455 e. The summed E-state index contributed by atoms with van der Waals surface area (Å²) in [6.45, 7) is 1.46. The van der Waals surface area contributed by atoms with Crippen LogP contribution in [0, 0.1) is 28.6 Å². The smallest absolute Gasteiger partial charge is 0.338 e. The lowest BCUT2D eigenvalue weighted by atomic mass is 9.40. The van der Waals surface area contributed by atoms with Crippen molar-refractivity contribution < 1.29 is 58.8 Å². The largest absolute Gasteiger partial charge is 0.455 e. The predicted octanol–water partition coefficient (Wildman–Crippen LogP) is -1.28. The van der Waals surface area contributed by atoms with Crippen LogP contribution in [-0.2, 0) is 28.5 Å². The Morgan fingerprint density at radius 3 is 2.29 bits per heavy atom. The molecule has 1 spiro atoms. The number of aliphatic hydroxyl groups excluding tert-OH is 3. The minimum atomic E-state index is -2.16. The maximum Gasteiger partial charge on any atom is 0.338 e. The average molecular weight is 634 g/mol. The molecule has 13 heteroatoms. The Labute approximate surface area is 261 Å². The zero-order valence-corrected chi connectivity index (χ0v) is 26.0. The summed E-state index contributed by atoms with van der Waals surface area (Å²) in [6, 6.07) is 7.37. The Kier molecular flexibility index (Phi) is 6.91. The van der Waals surface area contributed by atoms with E-state index in [0.29, 0.717) is 0 Å². The molecule has 5 N–H and O–H groups in total. The molecule has 15 atom stereocenters. The lowest BCUT2D eigenvalue weighted by molar-refractivity contribution is -0.353. The van der Waals surface area contributed by atoms with Crippen LogP contribution in [0.25, 0.3) is 0 Å². The zero-order chi connectivity index (χ0) is 32.5. The van der Waals surface area contributed by atoms with Crippen molar-refractivity contribution >= 4 is 11.9 Å². The Morgan fingerprint density at radius 1 is 1.00 bits per heavy atom. The number of rotatable bonds is 7. The Morgan fingerprint density at radius 2 is 1.69 bits per heavy atom. The first-order chi connectivity index (χ1) is 21.3. The van der Waals surface area contributed by atoms with E-state index in [-0.39, 0.29) is 25.1 Å². The molecule has 13 nitrogen and oxygen atoms in total. The maximum atomic E-state index is 13.6. The molecule has 1 aromatic carbocycles. The van der Waals surface area contributed by atoms with Crippen LogP contribution in [-0.4, -0.2) is 143 Å². The SMILES string of the molecule is COC[C@]12CN(C)[C@@H]3[C@@H]4[C@@H](O)[C@H]1[C@@]3([C@@H](OC)C[C@H]2O)[C@]1(O)C[C@@]2(O)[C@H](OC(=O)c3ccccc3)[C@@H]1[C@]4(OC(C)=O)[C@@H](O)[C@@H]2OC. The van der Waals surface area contributed by atoms with Gasteiger partial charge >= 0.3 is 11.9 Å². The fraction of sp³-hybridized carbons (Fsp3) is 0.750. The molecule has 1 aliphatic heterocycles. The van der Waals surface area contributed by atoms with Crippen molar-refractivity contribution in [1.82, 2.24) is 4.90 Å². The third-order valence-corrected chi connectivity index (χ3v) is 12.7. The van der Waals surface area contributed by atoms with Gasteiger partial charge in [0.05, 0.1) is 42.0 Å². The summed E-state index contributed by atoms with van der Waals surface area (Å²) in [4.78, 5) is 28.6. The third kappa shape index (κ3) is 3.34. The van der Waals surface area contributed by atoms with Gasteiger partial charge in [0.2, 0.25) is 0 Å². The molecule has 0 radical (unpaired) electrons. The summed E-state index contributed by atoms with van der Waals surface area (Å²) >= 11 is 0. The average Bonchev–Trinajstić information content (AvgIpc) is 3.33. The molecule has 0 aromatic heterocycles. The van der Waals surface area contributed by atoms with Gasteiger partial charge in [-0.15, -0.1) is 0 Å². The summed E-state index contributed by atoms with van der Waals surface area (Å²) in [6.07, 6.45) is -8.41. The van der Waals surface area contributed by atoms with E-state index in [1.165, 1.54) is 21.3 Å². The summed E-state index contributed by atoms with van der Waals surface area (Å²) in [5.74, 6) is -5.00. The molecule has 7 rings (SSSR count). The van der Waals surface area contributed by atoms with E-state index in [2.05, 4.69) is 0 Å². The van der Waals surface area contributed by atoms with Crippen LogP contribution in [0.15, 0.2) is 30.3 Å². The van der Waals surface area contributed by atoms with Gasteiger partial charge in [-0.2, -0.15) is 0 Å². The Hall–Kier alpha value is -2.20. The Bertz CT molecular complexity index is 1380. The number of fused-ring (bicyclic) bond motifs is 2. The van der Waals surface area contributed by atoms with Gasteiger partial charge in [0.15, 0.2) is 5.60 Å². The standard InChI is InChI=1S/C32H43NO12/c1-15(34)45-32-19-20(36)21-28(14-41-3)13-33(2)23(19)31(21,18(42-4)11-17(28)35)30(40)12-29(39,26(43-5)24(32)37)25(22(30)32)44-27(38)16-9-7-6-8-10-16/h6-10,17-26,35-37,39-40H,11-14H2,1-5H3/t17-,18+,19+,20-,21-,22+,23-,24+,25-,26+,28+,29-,30+,31-,32+/m1/s1. The number of likely N-dealkylation sites (tertiary alicyclic amines) is 1. The van der Waals surface area contributed by atoms with Crippen LogP contribution in [0.3, 0.4) is 0 Å². The maximum absolute atomic E-state index is 13.6. The molecule has 6 aliphatic rings. The fourth-order valence-electron chi connectivity index (χ4n) is 12.0. The first-order valence-electron chi connectivity index (χ1n) is 15.5. The molecule has 1 saturated heterocycles. The molecular formula is C32H43NO12. The Balaban J connectivity index is 1.54. The van der Waals surface area contributed by atoms with E-state index in [4.69, 9.17) is 23.7 Å². The highest BCUT2D eigenvalue weighted by molar-refractivity contribution is 5.89. The zero-order valence-electron chi connectivity index (χ0n) is 26.0. The number of esters is 2. The number of nitrogens with zero attached hydrogens (tertiary/aromatic N) is 1. The number of hydrogen-bond donors (Lipinski definition) is 5. The molecular weight excluding hydrogens is 590 g/mol. The van der Waals surface area contributed by atoms with Crippen LogP contribution in [0.1, 0.15) is 30.1 Å². The second-order valence-corrected chi connectivity index (χ2v) is 14.2. The molecule has 0 unspecified atom stereocenters. The van der Waals surface area contributed by atoms with Crippen LogP contribution in [0.5, 0.6) is 0 Å². The third-order valence-electron chi connectivity index (χ3n) is 12.7. The number of ether oxygens (including phenoxy) is 5. The van der Waals surface area contributed by atoms with E-state index >= 15 is 0 Å². The van der Waals surface area contributed by atoms with Crippen molar-refractivity contribution in [2.24, 2.45) is 28.6 Å². The topological polar surface area (TPSA) is 185 Å². The van der Waals surface area contributed by atoms with Gasteiger partial charge in [-0.25, -0.2) is 4.79 Å². The van der Waals surface area contributed by atoms with Gasteiger partial charge in [-0.3, -0.25) is 4.79 Å². The number of piperidine rings is 1. The number of benzene rings is 1. The van der Waals surface area contributed by atoms with Gasteiger partial charge < -0.3 is 54.1 Å². The molecule has 5 saturated carbocycles. The number of hydrogen-bond acceptors (Lipinski definition) is 13. The lowest BCUT2D eigenvalue weighted by Gasteiger charge is -2.72. The molecule has 1 heterocycles. The van der Waals surface area contributed by atoms with Gasteiger partial charge in [0, 0.05) is 76.3 Å². The highest BCUT2D eigenvalue weighted by Gasteiger charge is 2.96. The molecule has 6 fully saturated rings. The number of aliphatic hydroxyl groups is 5. The molecule has 0 amide bonds. The summed E-state index contributed by atoms with van der Waals surface area (Å²) < 4.78 is 29.9. The van der Waals surface area contributed by atoms with Crippen LogP contribution >= 0.6 is 0 Å². The van der Waals surface area contributed by atoms with Crippen molar-refractivity contribution in [3.63, 3.8) is 0 Å². The van der Waals surface area contributed by atoms with Gasteiger partial charge in [-0.05, 0) is 19.2 Å². The van der Waals surface area contributed by atoms with E-state index in [9.17, 15) is 35.1 Å². The summed E-state index contributed by atoms with van der Waals surface area (Å²) in [5.41, 5.74) is -8.68. The minimum absolute atomic E-state index is 0.0269. The second-order valence-electron chi connectivity index (χ2n) is 14.2. The molecule has 1 aromatic rings. The van der Waals surface area contributed by atoms with E-state index in [1.807, 2.05) is 4.90 Å². The van der Waals surface area contributed by atoms with Crippen molar-refractivity contribution in [2.45, 2.75) is 79.2 Å². The van der Waals surface area contributed by atoms with Crippen molar-refractivity contribution in [1.29, 1.82) is 0 Å². The first kappa shape index (κ1) is 31.4. The summed E-state index contributed by atoms with van der Waals surface area (Å²) in [5, 5.41) is 62.8. The van der Waals surface area contributed by atoms with Crippen LogP contribution < -0.4 is 0 Å². The highest BCUT2D eigenvalue weighted by atomic mass is 16.6. The van der Waals surface area contributed by atoms with Gasteiger partial charge in [-0.1, -0.05) is 18.2 Å². The van der Waals surface area contributed by atoms with Crippen LogP contribution in [0.4, 0.5) is 0 Å². The van der Waals surface area contributed by atoms with E-state index in [0.717, 1.165) is 6.92 Å². The second kappa shape index (κ2) is 9.91. The number of carbonyl (C=O) groups excluding carboxylic acids is 2. The van der Waals surface area contributed by atoms with E-state index in [1.54, 1.807) is 37.4 Å². The lowest BCUT2D eigenvalue weighted by Crippen LogP contribution is -2.85. The van der Waals surface area contributed by atoms with Crippen molar-refractivity contribution in [3.8, 4) is 0 Å². The number of methoxy groups -OCH3 is 3. The normalized spacial score (nSPS) is 52.4. The predicted molar refractivity (Wildman–Crippen MR) is 153 cm³/mol. The monoisotopic (exact) mass is 633 g/mol. The quantitative estimate of drug-likeness (QED) is 0.224. The molecule has 248 valence electrons. The first-order valence-corrected chi connectivity index (χ1v) is 15.5. The molecule has 7 bridgehead atoms. The van der Waals surface area contributed by atoms with Gasteiger partial charge in [0.25, 0.3) is 0 Å². The fourth-order valence-corrected chi connectivity index (χ4v) is 12.0. The van der Waals surface area contributed by atoms with Gasteiger partial charge in [0.1, 0.15) is 23.9 Å². The van der Waals surface area contributed by atoms with Crippen molar-refractivity contribution in [2.75, 3.05) is 41.5 Å². The van der Waals surface area contributed by atoms with Crippen molar-refractivity contribution in [3.05, 3.63) is 35.9 Å². The van der Waals surface area contributed by atoms with Crippen LogP contribution in [0.2, 0.25) is 0 Å². The van der Waals surface area contributed by atoms with E-state index < -0.39 is 106 Å². The number of carbonyl (C=O) groups is 2.